The Morgan fingerprint density at radius 3 is 2.00 bits per heavy atom. The number of benzene rings is 1. The zero-order chi connectivity index (χ0) is 12.2. The van der Waals surface area contributed by atoms with Crippen LogP contribution in [-0.2, 0) is 11.3 Å². The summed E-state index contributed by atoms with van der Waals surface area (Å²) in [5.41, 5.74) is 1.71. The van der Waals surface area contributed by atoms with Gasteiger partial charge in [-0.05, 0) is 16.4 Å². The number of rotatable bonds is 4. The average molecular weight is 220 g/mol. The van der Waals surface area contributed by atoms with Gasteiger partial charge in [0.2, 0.25) is 0 Å². The molecule has 1 nitrogen and oxygen atoms in total. The largest absolute Gasteiger partial charge is 0.376 e. The van der Waals surface area contributed by atoms with Gasteiger partial charge in [0.15, 0.2) is 0 Å². The van der Waals surface area contributed by atoms with Crippen LogP contribution in [0.15, 0.2) is 30.3 Å². The van der Waals surface area contributed by atoms with Crippen molar-refractivity contribution in [1.29, 1.82) is 0 Å². The van der Waals surface area contributed by atoms with E-state index in [1.807, 2.05) is 18.2 Å². The molecule has 0 bridgehead atoms. The number of hydrogen-bond donors (Lipinski definition) is 0. The van der Waals surface area contributed by atoms with E-state index in [0.29, 0.717) is 6.61 Å². The predicted octanol–water partition coefficient (Wildman–Crippen LogP) is 4.28. The van der Waals surface area contributed by atoms with Crippen molar-refractivity contribution in [2.24, 2.45) is 10.8 Å². The van der Waals surface area contributed by atoms with Crippen molar-refractivity contribution >= 4 is 0 Å². The molecule has 0 atom stereocenters. The van der Waals surface area contributed by atoms with Crippen LogP contribution in [0.5, 0.6) is 0 Å². The Morgan fingerprint density at radius 1 is 0.938 bits per heavy atom. The molecule has 0 aliphatic rings. The average Bonchev–Trinajstić information content (AvgIpc) is 2.17. The van der Waals surface area contributed by atoms with Gasteiger partial charge in [-0.2, -0.15) is 0 Å². The second-order valence-corrected chi connectivity index (χ2v) is 6.11. The van der Waals surface area contributed by atoms with Gasteiger partial charge in [0, 0.05) is 0 Å². The van der Waals surface area contributed by atoms with E-state index in [1.54, 1.807) is 0 Å². The van der Waals surface area contributed by atoms with Crippen LogP contribution >= 0.6 is 0 Å². The second-order valence-electron chi connectivity index (χ2n) is 6.11. The van der Waals surface area contributed by atoms with Crippen molar-refractivity contribution in [2.75, 3.05) is 6.61 Å². The molecular weight excluding hydrogens is 196 g/mol. The van der Waals surface area contributed by atoms with E-state index in [4.69, 9.17) is 4.74 Å². The molecule has 90 valence electrons. The number of ether oxygens (including phenoxy) is 1. The fourth-order valence-electron chi connectivity index (χ4n) is 1.21. The van der Waals surface area contributed by atoms with Crippen LogP contribution in [-0.4, -0.2) is 6.61 Å². The molecule has 0 saturated carbocycles. The molecule has 16 heavy (non-hydrogen) atoms. The second kappa shape index (κ2) is 5.01. The lowest BCUT2D eigenvalue weighted by Crippen LogP contribution is -2.34. The maximum Gasteiger partial charge on any atom is 0.0717 e. The molecule has 0 heterocycles. The monoisotopic (exact) mass is 220 g/mol. The van der Waals surface area contributed by atoms with Crippen molar-refractivity contribution in [3.63, 3.8) is 0 Å². The molecule has 1 heteroatoms. The summed E-state index contributed by atoms with van der Waals surface area (Å²) in [6.07, 6.45) is 0. The lowest BCUT2D eigenvalue weighted by molar-refractivity contribution is -0.00790. The van der Waals surface area contributed by atoms with Crippen molar-refractivity contribution < 1.29 is 4.74 Å². The Bertz CT molecular complexity index is 306. The molecule has 0 aliphatic carbocycles. The van der Waals surface area contributed by atoms with E-state index >= 15 is 0 Å². The Kier molecular flexibility index (Phi) is 4.15. The van der Waals surface area contributed by atoms with Crippen molar-refractivity contribution in [3.05, 3.63) is 35.9 Å². The molecule has 0 unspecified atom stereocenters. The first-order valence-electron chi connectivity index (χ1n) is 5.95. The summed E-state index contributed by atoms with van der Waals surface area (Å²) in [4.78, 5) is 0. The molecule has 0 spiro atoms. The van der Waals surface area contributed by atoms with Gasteiger partial charge in [0.05, 0.1) is 13.2 Å². The van der Waals surface area contributed by atoms with Crippen LogP contribution in [0.2, 0.25) is 0 Å². The van der Waals surface area contributed by atoms with Crippen molar-refractivity contribution in [3.8, 4) is 0 Å². The standard InChI is InChI=1S/C15H24O/c1-14(2,3)15(4,5)12-16-11-13-9-7-6-8-10-13/h6-10H,11-12H2,1-5H3. The highest BCUT2D eigenvalue weighted by Gasteiger charge is 2.32. The van der Waals surface area contributed by atoms with Crippen molar-refractivity contribution in [1.82, 2.24) is 0 Å². The molecule has 0 fully saturated rings. The van der Waals surface area contributed by atoms with Gasteiger partial charge >= 0.3 is 0 Å². The summed E-state index contributed by atoms with van der Waals surface area (Å²) in [5, 5.41) is 0. The lowest BCUT2D eigenvalue weighted by Gasteiger charge is -2.38. The van der Waals surface area contributed by atoms with Gasteiger partial charge in [-0.3, -0.25) is 0 Å². The molecule has 1 aromatic carbocycles. The minimum Gasteiger partial charge on any atom is -0.376 e. The van der Waals surface area contributed by atoms with Crippen LogP contribution < -0.4 is 0 Å². The van der Waals surface area contributed by atoms with E-state index in [1.165, 1.54) is 5.56 Å². The van der Waals surface area contributed by atoms with Crippen LogP contribution in [0.1, 0.15) is 40.2 Å². The van der Waals surface area contributed by atoms with Crippen LogP contribution in [0.4, 0.5) is 0 Å². The van der Waals surface area contributed by atoms with E-state index in [0.717, 1.165) is 6.61 Å². The Hall–Kier alpha value is -0.820. The van der Waals surface area contributed by atoms with Gasteiger partial charge in [0.25, 0.3) is 0 Å². The topological polar surface area (TPSA) is 9.23 Å². The minimum absolute atomic E-state index is 0.196. The fraction of sp³-hybridized carbons (Fsp3) is 0.600. The highest BCUT2D eigenvalue weighted by molar-refractivity contribution is 5.13. The highest BCUT2D eigenvalue weighted by atomic mass is 16.5. The smallest absolute Gasteiger partial charge is 0.0717 e. The van der Waals surface area contributed by atoms with E-state index in [-0.39, 0.29) is 10.8 Å². The van der Waals surface area contributed by atoms with Crippen LogP contribution in [0.3, 0.4) is 0 Å². The van der Waals surface area contributed by atoms with Gasteiger partial charge in [0.1, 0.15) is 0 Å². The maximum absolute atomic E-state index is 5.81. The van der Waals surface area contributed by atoms with Gasteiger partial charge < -0.3 is 4.74 Å². The zero-order valence-electron chi connectivity index (χ0n) is 11.2. The Morgan fingerprint density at radius 2 is 1.50 bits per heavy atom. The molecule has 1 rings (SSSR count). The quantitative estimate of drug-likeness (QED) is 0.736. The van der Waals surface area contributed by atoms with Crippen molar-refractivity contribution in [2.45, 2.75) is 41.2 Å². The first-order chi connectivity index (χ1) is 7.33. The number of hydrogen-bond acceptors (Lipinski definition) is 1. The molecular formula is C15H24O. The van der Waals surface area contributed by atoms with Gasteiger partial charge in [-0.25, -0.2) is 0 Å². The highest BCUT2D eigenvalue weighted by Crippen LogP contribution is 2.37. The minimum atomic E-state index is 0.196. The van der Waals surface area contributed by atoms with Gasteiger partial charge in [-0.15, -0.1) is 0 Å². The molecule has 0 amide bonds. The SMILES string of the molecule is CC(C)(C)C(C)(C)COCc1ccccc1. The maximum atomic E-state index is 5.81. The molecule has 0 aromatic heterocycles. The molecule has 0 N–H and O–H groups in total. The summed E-state index contributed by atoms with van der Waals surface area (Å²) < 4.78 is 5.81. The Balaban J connectivity index is 2.42. The third kappa shape index (κ3) is 3.64. The first-order valence-corrected chi connectivity index (χ1v) is 5.95. The summed E-state index contributed by atoms with van der Waals surface area (Å²) in [6.45, 7) is 12.8. The van der Waals surface area contributed by atoms with E-state index in [2.05, 4.69) is 46.8 Å². The summed E-state index contributed by atoms with van der Waals surface area (Å²) >= 11 is 0. The molecule has 0 aliphatic heterocycles. The predicted molar refractivity (Wildman–Crippen MR) is 69.3 cm³/mol. The third-order valence-electron chi connectivity index (χ3n) is 3.60. The summed E-state index contributed by atoms with van der Waals surface area (Å²) in [6, 6.07) is 10.3. The molecule has 0 saturated heterocycles. The normalized spacial score (nSPS) is 12.8. The van der Waals surface area contributed by atoms with Crippen LogP contribution in [0.25, 0.3) is 0 Å². The molecule has 1 aromatic rings. The Labute approximate surface area is 99.8 Å². The third-order valence-corrected chi connectivity index (χ3v) is 3.60. The fourth-order valence-corrected chi connectivity index (χ4v) is 1.21. The first kappa shape index (κ1) is 13.2. The summed E-state index contributed by atoms with van der Waals surface area (Å²) in [7, 11) is 0. The van der Waals surface area contributed by atoms with E-state index in [9.17, 15) is 0 Å². The summed E-state index contributed by atoms with van der Waals surface area (Å²) in [5.74, 6) is 0. The molecule has 0 radical (unpaired) electrons. The lowest BCUT2D eigenvalue weighted by atomic mass is 9.70. The zero-order valence-corrected chi connectivity index (χ0v) is 11.2. The van der Waals surface area contributed by atoms with E-state index < -0.39 is 0 Å². The van der Waals surface area contributed by atoms with Gasteiger partial charge in [-0.1, -0.05) is 65.0 Å². The van der Waals surface area contributed by atoms with Crippen LogP contribution in [0, 0.1) is 10.8 Å².